The molecule has 0 saturated heterocycles. The molecule has 0 unspecified atom stereocenters. The Morgan fingerprint density at radius 3 is 2.20 bits per heavy atom. The maximum atomic E-state index is 5.62. The number of hydrogen-bond donors (Lipinski definition) is 2. The lowest BCUT2D eigenvalue weighted by atomic mass is 9.92. The molecule has 0 fully saturated rings. The predicted octanol–water partition coefficient (Wildman–Crippen LogP) is 0.269. The fourth-order valence-corrected chi connectivity index (χ4v) is 1.73. The smallest absolute Gasteiger partial charge is 0.118 e. The zero-order valence-corrected chi connectivity index (χ0v) is 6.66. The van der Waals surface area contributed by atoms with Gasteiger partial charge in [0.05, 0.1) is 10.0 Å². The van der Waals surface area contributed by atoms with Crippen molar-refractivity contribution in [2.24, 2.45) is 0 Å². The Kier molecular flexibility index (Phi) is 1.90. The summed E-state index contributed by atoms with van der Waals surface area (Å²) in [5.41, 5.74) is 12.8. The van der Waals surface area contributed by atoms with Crippen LogP contribution in [0.4, 0.5) is 10.0 Å². The lowest BCUT2D eigenvalue weighted by molar-refractivity contribution is 1.17. The first-order chi connectivity index (χ1) is 4.66. The number of anilines is 2. The van der Waals surface area contributed by atoms with E-state index in [1.807, 2.05) is 6.92 Å². The molecular weight excluding hydrogens is 143 g/mol. The summed E-state index contributed by atoms with van der Waals surface area (Å²) in [6.07, 6.45) is 0.853. The van der Waals surface area contributed by atoms with E-state index in [0.717, 1.165) is 17.0 Å². The third kappa shape index (κ3) is 0.989. The number of nitrogens with two attached hydrogens (primary N) is 2. The van der Waals surface area contributed by atoms with Crippen LogP contribution in [0, 0.1) is 0 Å². The SMILES string of the molecule is [B]c1c(N)sc(N)c1CC. The Labute approximate surface area is 65.6 Å². The molecule has 0 aromatic carbocycles. The molecule has 1 aromatic heterocycles. The van der Waals surface area contributed by atoms with Crippen molar-refractivity contribution in [2.45, 2.75) is 13.3 Å². The number of thiophene rings is 1. The molecule has 1 rings (SSSR count). The Morgan fingerprint density at radius 2 is 2.00 bits per heavy atom. The number of nitrogen functional groups attached to an aromatic ring is 2. The van der Waals surface area contributed by atoms with Crippen LogP contribution in [-0.2, 0) is 6.42 Å². The van der Waals surface area contributed by atoms with Crippen LogP contribution >= 0.6 is 11.3 Å². The van der Waals surface area contributed by atoms with Gasteiger partial charge in [-0.05, 0) is 12.0 Å². The second-order valence-corrected chi connectivity index (χ2v) is 3.16. The van der Waals surface area contributed by atoms with Gasteiger partial charge in [-0.15, -0.1) is 11.3 Å². The van der Waals surface area contributed by atoms with Crippen molar-refractivity contribution in [1.29, 1.82) is 0 Å². The highest BCUT2D eigenvalue weighted by Gasteiger charge is 2.06. The van der Waals surface area contributed by atoms with Crippen LogP contribution in [-0.4, -0.2) is 7.85 Å². The van der Waals surface area contributed by atoms with E-state index in [2.05, 4.69) is 0 Å². The molecule has 4 N–H and O–H groups in total. The molecule has 1 heterocycles. The van der Waals surface area contributed by atoms with Gasteiger partial charge in [-0.2, -0.15) is 0 Å². The third-order valence-electron chi connectivity index (χ3n) is 1.46. The summed E-state index contributed by atoms with van der Waals surface area (Å²) in [5, 5.41) is 1.38. The second-order valence-electron chi connectivity index (χ2n) is 2.08. The van der Waals surface area contributed by atoms with Gasteiger partial charge in [-0.25, -0.2) is 0 Å². The van der Waals surface area contributed by atoms with Gasteiger partial charge in [0.2, 0.25) is 0 Å². The van der Waals surface area contributed by atoms with Gasteiger partial charge in [0.25, 0.3) is 0 Å². The predicted molar refractivity (Wildman–Crippen MR) is 47.9 cm³/mol. The molecule has 0 aliphatic rings. The van der Waals surface area contributed by atoms with E-state index in [0.29, 0.717) is 10.5 Å². The van der Waals surface area contributed by atoms with Crippen LogP contribution in [0.1, 0.15) is 12.5 Å². The van der Waals surface area contributed by atoms with Crippen molar-refractivity contribution in [3.63, 3.8) is 0 Å². The van der Waals surface area contributed by atoms with Gasteiger partial charge in [-0.1, -0.05) is 12.4 Å². The largest absolute Gasteiger partial charge is 0.391 e. The minimum Gasteiger partial charge on any atom is -0.391 e. The topological polar surface area (TPSA) is 52.0 Å². The van der Waals surface area contributed by atoms with Gasteiger partial charge in [0, 0.05) is 0 Å². The van der Waals surface area contributed by atoms with E-state index >= 15 is 0 Å². The molecule has 0 saturated carbocycles. The molecular formula is C6H9BN2S. The zero-order chi connectivity index (χ0) is 7.72. The fraction of sp³-hybridized carbons (Fsp3) is 0.333. The summed E-state index contributed by atoms with van der Waals surface area (Å²) in [6.45, 7) is 2.01. The normalized spacial score (nSPS) is 10.1. The van der Waals surface area contributed by atoms with Crippen LogP contribution in [0.15, 0.2) is 0 Å². The highest BCUT2D eigenvalue weighted by Crippen LogP contribution is 2.23. The van der Waals surface area contributed by atoms with Crippen molar-refractivity contribution < 1.29 is 0 Å². The molecule has 52 valence electrons. The minimum absolute atomic E-state index is 0.634. The highest BCUT2D eigenvalue weighted by atomic mass is 32.1. The maximum Gasteiger partial charge on any atom is 0.118 e. The first-order valence-corrected chi connectivity index (χ1v) is 3.90. The average molecular weight is 152 g/mol. The maximum absolute atomic E-state index is 5.62. The quantitative estimate of drug-likeness (QED) is 0.567. The number of hydrogen-bond acceptors (Lipinski definition) is 3. The van der Waals surface area contributed by atoms with Crippen LogP contribution in [0.3, 0.4) is 0 Å². The van der Waals surface area contributed by atoms with Crippen molar-refractivity contribution in [3.05, 3.63) is 5.56 Å². The summed E-state index contributed by atoms with van der Waals surface area (Å²) >= 11 is 1.35. The fourth-order valence-electron chi connectivity index (χ4n) is 0.881. The number of rotatable bonds is 1. The summed E-state index contributed by atoms with van der Waals surface area (Å²) in [4.78, 5) is 0. The van der Waals surface area contributed by atoms with Gasteiger partial charge in [-0.3, -0.25) is 0 Å². The molecule has 0 bridgehead atoms. The summed E-state index contributed by atoms with van der Waals surface area (Å²) in [6, 6.07) is 0. The van der Waals surface area contributed by atoms with Crippen LogP contribution in [0.25, 0.3) is 0 Å². The monoisotopic (exact) mass is 152 g/mol. The lowest BCUT2D eigenvalue weighted by Gasteiger charge is -1.94. The van der Waals surface area contributed by atoms with Crippen LogP contribution in [0.2, 0.25) is 0 Å². The van der Waals surface area contributed by atoms with Crippen molar-refractivity contribution in [3.8, 4) is 0 Å². The van der Waals surface area contributed by atoms with Crippen LogP contribution < -0.4 is 16.9 Å². The molecule has 10 heavy (non-hydrogen) atoms. The average Bonchev–Trinajstić information content (AvgIpc) is 2.09. The van der Waals surface area contributed by atoms with Gasteiger partial charge >= 0.3 is 0 Å². The first-order valence-electron chi connectivity index (χ1n) is 3.08. The molecule has 0 atom stereocenters. The van der Waals surface area contributed by atoms with E-state index < -0.39 is 0 Å². The standard InChI is InChI=1S/C6H9BN2S/c1-2-3-4(7)6(9)10-5(3)8/h2,8-9H2,1H3. The lowest BCUT2D eigenvalue weighted by Crippen LogP contribution is -2.10. The van der Waals surface area contributed by atoms with Gasteiger partial charge in [0.1, 0.15) is 7.85 Å². The van der Waals surface area contributed by atoms with E-state index in [9.17, 15) is 0 Å². The van der Waals surface area contributed by atoms with E-state index in [1.165, 1.54) is 11.3 Å². The molecule has 0 aliphatic heterocycles. The summed E-state index contributed by atoms with van der Waals surface area (Å²) in [5.74, 6) is 0. The molecule has 2 radical (unpaired) electrons. The van der Waals surface area contributed by atoms with Crippen LogP contribution in [0.5, 0.6) is 0 Å². The molecule has 0 spiro atoms. The van der Waals surface area contributed by atoms with Gasteiger partial charge in [0.15, 0.2) is 0 Å². The summed E-state index contributed by atoms with van der Waals surface area (Å²) in [7, 11) is 5.62. The molecule has 0 aliphatic carbocycles. The Balaban J connectivity index is 3.20. The summed E-state index contributed by atoms with van der Waals surface area (Å²) < 4.78 is 0. The highest BCUT2D eigenvalue weighted by molar-refractivity contribution is 7.21. The minimum atomic E-state index is 0.634. The van der Waals surface area contributed by atoms with Crippen molar-refractivity contribution >= 4 is 34.6 Å². The van der Waals surface area contributed by atoms with Gasteiger partial charge < -0.3 is 11.5 Å². The second kappa shape index (κ2) is 2.54. The van der Waals surface area contributed by atoms with E-state index in [4.69, 9.17) is 19.3 Å². The Bertz CT molecular complexity index is 244. The molecule has 1 aromatic rings. The van der Waals surface area contributed by atoms with Crippen molar-refractivity contribution in [2.75, 3.05) is 11.5 Å². The zero-order valence-electron chi connectivity index (χ0n) is 5.85. The molecule has 4 heteroatoms. The first kappa shape index (κ1) is 7.47. The third-order valence-corrected chi connectivity index (χ3v) is 2.37. The molecule has 0 amide bonds. The van der Waals surface area contributed by atoms with Crippen molar-refractivity contribution in [1.82, 2.24) is 0 Å². The Morgan fingerprint density at radius 1 is 1.40 bits per heavy atom. The van der Waals surface area contributed by atoms with E-state index in [1.54, 1.807) is 0 Å². The Hall–Kier alpha value is -0.635. The van der Waals surface area contributed by atoms with E-state index in [-0.39, 0.29) is 0 Å². The molecule has 2 nitrogen and oxygen atoms in total.